The Hall–Kier alpha value is -3.63. The molecule has 1 aromatic heterocycles. The third-order valence-electron chi connectivity index (χ3n) is 5.58. The van der Waals surface area contributed by atoms with E-state index in [1.165, 1.54) is 18.2 Å². The van der Waals surface area contributed by atoms with Gasteiger partial charge in [-0.2, -0.15) is 0 Å². The lowest BCUT2D eigenvalue weighted by Crippen LogP contribution is -2.29. The van der Waals surface area contributed by atoms with Crippen molar-refractivity contribution >= 4 is 55.8 Å². The van der Waals surface area contributed by atoms with Crippen molar-refractivity contribution in [3.63, 3.8) is 0 Å². The van der Waals surface area contributed by atoms with Crippen LogP contribution in [0.4, 0.5) is 9.52 Å². The number of benzene rings is 2. The van der Waals surface area contributed by atoms with Gasteiger partial charge in [-0.15, -0.1) is 0 Å². The highest BCUT2D eigenvalue weighted by Gasteiger charge is 2.48. The molecule has 36 heavy (non-hydrogen) atoms. The van der Waals surface area contributed by atoms with E-state index < -0.39 is 35.3 Å². The maximum absolute atomic E-state index is 14.3. The second kappa shape index (κ2) is 10.2. The number of nitrogens with zero attached hydrogens (tertiary/aromatic N) is 2. The minimum Gasteiger partial charge on any atom is -0.507 e. The molecule has 0 aliphatic carbocycles. The molecule has 2 aromatic carbocycles. The van der Waals surface area contributed by atoms with E-state index in [2.05, 4.69) is 27.5 Å². The summed E-state index contributed by atoms with van der Waals surface area (Å²) < 4.78 is 20.1. The van der Waals surface area contributed by atoms with Gasteiger partial charge in [0, 0.05) is 10.0 Å². The van der Waals surface area contributed by atoms with Crippen molar-refractivity contribution in [3.05, 3.63) is 98.2 Å². The lowest BCUT2D eigenvalue weighted by molar-refractivity contribution is -0.132. The van der Waals surface area contributed by atoms with Crippen LogP contribution in [0.25, 0.3) is 5.76 Å². The highest BCUT2D eigenvalue weighted by atomic mass is 79.9. The van der Waals surface area contributed by atoms with Gasteiger partial charge in [0.2, 0.25) is 0 Å². The zero-order valence-electron chi connectivity index (χ0n) is 19.2. The third kappa shape index (κ3) is 4.61. The van der Waals surface area contributed by atoms with Crippen molar-refractivity contribution in [1.29, 1.82) is 0 Å². The van der Waals surface area contributed by atoms with Gasteiger partial charge in [0.25, 0.3) is 5.78 Å². The average molecular weight is 571 g/mol. The van der Waals surface area contributed by atoms with E-state index >= 15 is 0 Å². The smallest absolute Gasteiger partial charge is 0.350 e. The molecule has 3 aromatic rings. The average Bonchev–Trinajstić information content (AvgIpc) is 3.36. The van der Waals surface area contributed by atoms with E-state index in [1.54, 1.807) is 38.1 Å². The molecule has 1 amide bonds. The van der Waals surface area contributed by atoms with Crippen LogP contribution in [0.1, 0.15) is 38.1 Å². The van der Waals surface area contributed by atoms with Gasteiger partial charge in [-0.1, -0.05) is 64.2 Å². The summed E-state index contributed by atoms with van der Waals surface area (Å²) in [4.78, 5) is 44.6. The lowest BCUT2D eigenvalue weighted by atomic mass is 9.95. The van der Waals surface area contributed by atoms with Gasteiger partial charge in [-0.25, -0.2) is 14.2 Å². The summed E-state index contributed by atoms with van der Waals surface area (Å²) in [5, 5.41) is 11.2. The molecule has 7 nitrogen and oxygen atoms in total. The molecule has 0 spiro atoms. The number of carbonyl (C=O) groups excluding carboxylic acids is 3. The number of rotatable bonds is 6. The first-order valence-corrected chi connectivity index (χ1v) is 12.3. The number of ketones is 1. The Kier molecular flexibility index (Phi) is 7.18. The lowest BCUT2D eigenvalue weighted by Gasteiger charge is -2.23. The molecular formula is C26H20BrFN2O5S. The number of hydrogen-bond acceptors (Lipinski definition) is 7. The van der Waals surface area contributed by atoms with Gasteiger partial charge in [0.05, 0.1) is 17.3 Å². The fraction of sp³-hybridized carbons (Fsp3) is 0.154. The first-order valence-electron chi connectivity index (χ1n) is 10.7. The van der Waals surface area contributed by atoms with Crippen LogP contribution in [-0.2, 0) is 14.3 Å². The van der Waals surface area contributed by atoms with E-state index in [0.29, 0.717) is 16.8 Å². The van der Waals surface area contributed by atoms with Crippen molar-refractivity contribution in [2.45, 2.75) is 19.9 Å². The molecule has 10 heteroatoms. The van der Waals surface area contributed by atoms with Crippen LogP contribution >= 0.6 is 27.3 Å². The van der Waals surface area contributed by atoms with Crippen LogP contribution in [0.3, 0.4) is 0 Å². The molecule has 4 rings (SSSR count). The fourth-order valence-corrected chi connectivity index (χ4v) is 5.01. The highest BCUT2D eigenvalue weighted by molar-refractivity contribution is 9.10. The number of aromatic nitrogens is 1. The summed E-state index contributed by atoms with van der Waals surface area (Å²) in [6.45, 7) is 6.67. The van der Waals surface area contributed by atoms with Crippen molar-refractivity contribution < 1.29 is 28.6 Å². The predicted molar refractivity (Wildman–Crippen MR) is 137 cm³/mol. The first kappa shape index (κ1) is 25.5. The number of aliphatic hydroxyl groups excluding tert-OH is 1. The molecule has 1 N–H and O–H groups in total. The number of carbonyl (C=O) groups is 3. The monoisotopic (exact) mass is 570 g/mol. The topological polar surface area (TPSA) is 96.8 Å². The molecule has 0 saturated carbocycles. The number of aryl methyl sites for hydroxylation is 2. The van der Waals surface area contributed by atoms with E-state index in [1.807, 2.05) is 0 Å². The van der Waals surface area contributed by atoms with Crippen LogP contribution in [0, 0.1) is 19.7 Å². The first-order chi connectivity index (χ1) is 17.1. The van der Waals surface area contributed by atoms with Crippen LogP contribution in [0.5, 0.6) is 0 Å². The molecule has 1 aliphatic rings. The van der Waals surface area contributed by atoms with E-state index in [4.69, 9.17) is 4.74 Å². The molecule has 1 unspecified atom stereocenters. The van der Waals surface area contributed by atoms with Crippen molar-refractivity contribution in [1.82, 2.24) is 4.98 Å². The fourth-order valence-electron chi connectivity index (χ4n) is 3.76. The molecule has 1 aliphatic heterocycles. The summed E-state index contributed by atoms with van der Waals surface area (Å²) in [7, 11) is 0. The minimum atomic E-state index is -1.06. The quantitative estimate of drug-likeness (QED) is 0.136. The molecule has 0 radical (unpaired) electrons. The summed E-state index contributed by atoms with van der Waals surface area (Å²) in [6.07, 6.45) is 1.43. The van der Waals surface area contributed by atoms with E-state index in [0.717, 1.165) is 26.8 Å². The number of halogens is 2. The molecule has 1 fully saturated rings. The van der Waals surface area contributed by atoms with Crippen LogP contribution < -0.4 is 4.90 Å². The number of ether oxygens (including phenoxy) is 1. The number of esters is 1. The largest absolute Gasteiger partial charge is 0.507 e. The Morgan fingerprint density at radius 2 is 1.94 bits per heavy atom. The van der Waals surface area contributed by atoms with Crippen molar-refractivity contribution in [2.75, 3.05) is 11.5 Å². The Morgan fingerprint density at radius 1 is 1.25 bits per heavy atom. The van der Waals surface area contributed by atoms with Gasteiger partial charge in [0.15, 0.2) is 5.13 Å². The molecule has 0 bridgehead atoms. The Morgan fingerprint density at radius 3 is 2.58 bits per heavy atom. The summed E-state index contributed by atoms with van der Waals surface area (Å²) >= 11 is 4.26. The van der Waals surface area contributed by atoms with E-state index in [9.17, 15) is 23.9 Å². The summed E-state index contributed by atoms with van der Waals surface area (Å²) in [6, 6.07) is 9.83. The van der Waals surface area contributed by atoms with Gasteiger partial charge in [-0.3, -0.25) is 14.5 Å². The number of aliphatic hydroxyl groups is 1. The van der Waals surface area contributed by atoms with Crippen molar-refractivity contribution in [3.8, 4) is 0 Å². The van der Waals surface area contributed by atoms with Crippen LogP contribution in [0.2, 0.25) is 0 Å². The summed E-state index contributed by atoms with van der Waals surface area (Å²) in [5.74, 6) is -3.60. The molecule has 1 saturated heterocycles. The molecule has 184 valence electrons. The van der Waals surface area contributed by atoms with Crippen molar-refractivity contribution in [2.24, 2.45) is 0 Å². The van der Waals surface area contributed by atoms with Gasteiger partial charge < -0.3 is 9.84 Å². The Bertz CT molecular complexity index is 1430. The number of hydrogen-bond donors (Lipinski definition) is 1. The zero-order valence-corrected chi connectivity index (χ0v) is 21.7. The molecule has 1 atom stereocenters. The predicted octanol–water partition coefficient (Wildman–Crippen LogP) is 5.63. The summed E-state index contributed by atoms with van der Waals surface area (Å²) in [5.41, 5.74) is 1.04. The van der Waals surface area contributed by atoms with Gasteiger partial charge >= 0.3 is 11.9 Å². The highest BCUT2D eigenvalue weighted by Crippen LogP contribution is 2.44. The molecule has 2 heterocycles. The number of Topliss-reactive ketones (excluding diaryl/α,β-unsaturated/α-hetero) is 1. The normalized spacial score (nSPS) is 16.9. The standard InChI is InChI=1S/C26H20BrFN2O5S/c1-4-11-35-25(34)23-14(3)29-26(36-23)30-20(15-7-9-17(27)10-8-15)19(22(32)24(30)33)21(31)16-6-5-13(2)18(28)12-16/h4-10,12,20,31H,1,11H2,2-3H3/b21-19-. The Balaban J connectivity index is 1.89. The maximum atomic E-state index is 14.3. The second-order valence-corrected chi connectivity index (χ2v) is 9.88. The van der Waals surface area contributed by atoms with Crippen LogP contribution in [0.15, 0.2) is 65.2 Å². The minimum absolute atomic E-state index is 0.00201. The van der Waals surface area contributed by atoms with E-state index in [-0.39, 0.29) is 27.8 Å². The number of anilines is 1. The Labute approximate surface area is 218 Å². The SMILES string of the molecule is C=CCOC(=O)c1sc(N2C(=O)C(=O)/C(=C(\O)c3ccc(C)c(F)c3)C2c2ccc(Br)cc2)nc1C. The van der Waals surface area contributed by atoms with Crippen LogP contribution in [-0.4, -0.2) is 34.4 Å². The second-order valence-electron chi connectivity index (χ2n) is 7.98. The zero-order chi connectivity index (χ0) is 26.1. The number of thiazole rings is 1. The molecular weight excluding hydrogens is 551 g/mol. The number of amides is 1. The maximum Gasteiger partial charge on any atom is 0.350 e. The van der Waals surface area contributed by atoms with Gasteiger partial charge in [-0.05, 0) is 43.2 Å². The van der Waals surface area contributed by atoms with Gasteiger partial charge in [0.1, 0.15) is 23.1 Å². The third-order valence-corrected chi connectivity index (χ3v) is 7.25.